The second-order valence-corrected chi connectivity index (χ2v) is 6.47. The number of fused-ring (bicyclic) bond motifs is 1. The van der Waals surface area contributed by atoms with Crippen LogP contribution in [0.2, 0.25) is 5.02 Å². The highest BCUT2D eigenvalue weighted by molar-refractivity contribution is 6.31. The molecule has 1 aromatic heterocycles. The van der Waals surface area contributed by atoms with Gasteiger partial charge in [0.2, 0.25) is 0 Å². The van der Waals surface area contributed by atoms with Crippen LogP contribution in [-0.2, 0) is 17.7 Å². The number of rotatable bonds is 3. The molecule has 1 N–H and O–H groups in total. The summed E-state index contributed by atoms with van der Waals surface area (Å²) in [5.41, 5.74) is 3.78. The molecule has 0 saturated heterocycles. The Labute approximate surface area is 157 Å². The highest BCUT2D eigenvalue weighted by Crippen LogP contribution is 2.26. The average molecular weight is 374 g/mol. The smallest absolute Gasteiger partial charge is 0.410 e. The van der Waals surface area contributed by atoms with Gasteiger partial charge in [-0.15, -0.1) is 0 Å². The van der Waals surface area contributed by atoms with Gasteiger partial charge in [0.05, 0.1) is 18.7 Å². The van der Waals surface area contributed by atoms with E-state index < -0.39 is 0 Å². The summed E-state index contributed by atoms with van der Waals surface area (Å²) in [6.07, 6.45) is 3.49. The number of nitrogens with zero attached hydrogens (tertiary/aromatic N) is 2. The number of carbonyl (C=O) groups is 2. The molecule has 0 saturated carbocycles. The van der Waals surface area contributed by atoms with Gasteiger partial charge in [0.25, 0.3) is 5.91 Å². The van der Waals surface area contributed by atoms with Gasteiger partial charge in [-0.1, -0.05) is 17.7 Å². The van der Waals surface area contributed by atoms with Gasteiger partial charge in [0.1, 0.15) is 0 Å². The van der Waals surface area contributed by atoms with Crippen molar-refractivity contribution in [2.45, 2.75) is 26.8 Å². The van der Waals surface area contributed by atoms with Gasteiger partial charge in [-0.3, -0.25) is 9.78 Å². The van der Waals surface area contributed by atoms with Crippen molar-refractivity contribution in [1.29, 1.82) is 0 Å². The van der Waals surface area contributed by atoms with Crippen molar-refractivity contribution in [2.24, 2.45) is 0 Å². The van der Waals surface area contributed by atoms with E-state index in [1.165, 1.54) is 0 Å². The van der Waals surface area contributed by atoms with Crippen molar-refractivity contribution in [3.8, 4) is 0 Å². The Balaban J connectivity index is 1.82. The zero-order valence-electron chi connectivity index (χ0n) is 14.7. The van der Waals surface area contributed by atoms with Crippen molar-refractivity contribution in [2.75, 3.05) is 18.5 Å². The molecule has 0 unspecified atom stereocenters. The van der Waals surface area contributed by atoms with Gasteiger partial charge in [-0.25, -0.2) is 4.79 Å². The van der Waals surface area contributed by atoms with E-state index in [9.17, 15) is 9.59 Å². The maximum Gasteiger partial charge on any atom is 0.410 e. The summed E-state index contributed by atoms with van der Waals surface area (Å²) < 4.78 is 5.05. The fourth-order valence-electron chi connectivity index (χ4n) is 2.99. The van der Waals surface area contributed by atoms with Crippen LogP contribution in [-0.4, -0.2) is 35.0 Å². The molecule has 1 aromatic carbocycles. The molecule has 2 aromatic rings. The van der Waals surface area contributed by atoms with Crippen LogP contribution >= 0.6 is 11.6 Å². The van der Waals surface area contributed by atoms with Crippen LogP contribution in [0.25, 0.3) is 0 Å². The van der Waals surface area contributed by atoms with E-state index in [0.717, 1.165) is 16.7 Å². The molecule has 7 heteroatoms. The minimum Gasteiger partial charge on any atom is -0.450 e. The maximum atomic E-state index is 12.8. The standard InChI is InChI=1S/C19H20ClN3O3/c1-3-26-19(25)23-8-7-14-13(11-23)9-21-10-15(14)18(24)22-17-6-4-5-16(20)12(17)2/h4-6,9-10H,3,7-8,11H2,1-2H3,(H,22,24). The average Bonchev–Trinajstić information content (AvgIpc) is 2.64. The van der Waals surface area contributed by atoms with E-state index in [4.69, 9.17) is 16.3 Å². The Bertz CT molecular complexity index is 854. The third-order valence-electron chi connectivity index (χ3n) is 4.43. The molecule has 1 aliphatic rings. The molecular formula is C19H20ClN3O3. The summed E-state index contributed by atoms with van der Waals surface area (Å²) in [5, 5.41) is 3.50. The number of anilines is 1. The lowest BCUT2D eigenvalue weighted by Crippen LogP contribution is -2.37. The minimum absolute atomic E-state index is 0.232. The molecule has 26 heavy (non-hydrogen) atoms. The molecule has 0 spiro atoms. The molecule has 2 heterocycles. The fourth-order valence-corrected chi connectivity index (χ4v) is 3.17. The molecule has 0 bridgehead atoms. The molecule has 1 aliphatic heterocycles. The van der Waals surface area contributed by atoms with Crippen LogP contribution in [0.4, 0.5) is 10.5 Å². The Morgan fingerprint density at radius 2 is 2.15 bits per heavy atom. The number of hydrogen-bond acceptors (Lipinski definition) is 4. The van der Waals surface area contributed by atoms with Gasteiger partial charge in [0, 0.05) is 29.6 Å². The van der Waals surface area contributed by atoms with Crippen LogP contribution in [0.5, 0.6) is 0 Å². The second-order valence-electron chi connectivity index (χ2n) is 6.06. The summed E-state index contributed by atoms with van der Waals surface area (Å²) in [4.78, 5) is 30.5. The first-order valence-electron chi connectivity index (χ1n) is 8.45. The summed E-state index contributed by atoms with van der Waals surface area (Å²) in [6.45, 7) is 4.86. The van der Waals surface area contributed by atoms with Crippen molar-refractivity contribution in [1.82, 2.24) is 9.88 Å². The number of hydrogen-bond donors (Lipinski definition) is 1. The number of ether oxygens (including phenoxy) is 1. The van der Waals surface area contributed by atoms with Crippen LogP contribution in [0.1, 0.15) is 34.0 Å². The maximum absolute atomic E-state index is 12.8. The van der Waals surface area contributed by atoms with Crippen molar-refractivity contribution < 1.29 is 14.3 Å². The van der Waals surface area contributed by atoms with Crippen molar-refractivity contribution >= 4 is 29.3 Å². The second kappa shape index (κ2) is 7.74. The molecule has 6 nitrogen and oxygen atoms in total. The molecule has 0 aliphatic carbocycles. The zero-order chi connectivity index (χ0) is 18.7. The van der Waals surface area contributed by atoms with Crippen LogP contribution in [0.15, 0.2) is 30.6 Å². The first kappa shape index (κ1) is 18.2. The first-order chi connectivity index (χ1) is 12.5. The Morgan fingerprint density at radius 3 is 2.92 bits per heavy atom. The normalized spacial score (nSPS) is 13.1. The van der Waals surface area contributed by atoms with E-state index in [2.05, 4.69) is 10.3 Å². The van der Waals surface area contributed by atoms with Crippen molar-refractivity contribution in [3.05, 3.63) is 57.9 Å². The topological polar surface area (TPSA) is 71.5 Å². The quantitative estimate of drug-likeness (QED) is 0.888. The Kier molecular flexibility index (Phi) is 5.42. The Hall–Kier alpha value is -2.60. The highest BCUT2D eigenvalue weighted by atomic mass is 35.5. The molecule has 0 fully saturated rings. The van der Waals surface area contributed by atoms with Gasteiger partial charge >= 0.3 is 6.09 Å². The summed E-state index contributed by atoms with van der Waals surface area (Å²) >= 11 is 6.12. The number of carbonyl (C=O) groups excluding carboxylic acids is 2. The number of amides is 2. The molecular weight excluding hydrogens is 354 g/mol. The van der Waals surface area contributed by atoms with Crippen LogP contribution < -0.4 is 5.32 Å². The van der Waals surface area contributed by atoms with Crippen LogP contribution in [0.3, 0.4) is 0 Å². The van der Waals surface area contributed by atoms with Gasteiger partial charge in [-0.05, 0) is 49.1 Å². The molecule has 0 atom stereocenters. The molecule has 136 valence electrons. The van der Waals surface area contributed by atoms with E-state index in [0.29, 0.717) is 42.4 Å². The zero-order valence-corrected chi connectivity index (χ0v) is 15.5. The summed E-state index contributed by atoms with van der Waals surface area (Å²) in [7, 11) is 0. The summed E-state index contributed by atoms with van der Waals surface area (Å²) in [6, 6.07) is 5.38. The lowest BCUT2D eigenvalue weighted by atomic mass is 9.97. The Morgan fingerprint density at radius 1 is 1.35 bits per heavy atom. The third-order valence-corrected chi connectivity index (χ3v) is 4.84. The number of pyridine rings is 1. The number of halogens is 1. The fraction of sp³-hybridized carbons (Fsp3) is 0.316. The van der Waals surface area contributed by atoms with E-state index in [-0.39, 0.29) is 12.0 Å². The largest absolute Gasteiger partial charge is 0.450 e. The van der Waals surface area contributed by atoms with E-state index in [1.807, 2.05) is 13.0 Å². The lowest BCUT2D eigenvalue weighted by molar-refractivity contribution is 0.101. The molecule has 3 rings (SSSR count). The van der Waals surface area contributed by atoms with Gasteiger partial charge in [-0.2, -0.15) is 0 Å². The number of nitrogens with one attached hydrogen (secondary N) is 1. The first-order valence-corrected chi connectivity index (χ1v) is 8.83. The predicted octanol–water partition coefficient (Wildman–Crippen LogP) is 3.81. The number of benzene rings is 1. The van der Waals surface area contributed by atoms with E-state index >= 15 is 0 Å². The van der Waals surface area contributed by atoms with Crippen LogP contribution in [0, 0.1) is 6.92 Å². The van der Waals surface area contributed by atoms with Gasteiger partial charge < -0.3 is 15.0 Å². The SMILES string of the molecule is CCOC(=O)N1CCc2c(cncc2C(=O)Nc2cccc(Cl)c2C)C1. The number of aromatic nitrogens is 1. The summed E-state index contributed by atoms with van der Waals surface area (Å²) in [5.74, 6) is -0.232. The monoisotopic (exact) mass is 373 g/mol. The van der Waals surface area contributed by atoms with Gasteiger partial charge in [0.15, 0.2) is 0 Å². The lowest BCUT2D eigenvalue weighted by Gasteiger charge is -2.28. The third kappa shape index (κ3) is 3.65. The highest BCUT2D eigenvalue weighted by Gasteiger charge is 2.25. The van der Waals surface area contributed by atoms with E-state index in [1.54, 1.807) is 36.4 Å². The minimum atomic E-state index is -0.345. The predicted molar refractivity (Wildman–Crippen MR) is 99.5 cm³/mol. The van der Waals surface area contributed by atoms with Crippen molar-refractivity contribution in [3.63, 3.8) is 0 Å². The molecule has 2 amide bonds. The molecule has 0 radical (unpaired) electrons.